The van der Waals surface area contributed by atoms with Gasteiger partial charge in [0.2, 0.25) is 0 Å². The van der Waals surface area contributed by atoms with Crippen LogP contribution in [0.2, 0.25) is 0 Å². The van der Waals surface area contributed by atoms with Crippen LogP contribution in [0.1, 0.15) is 85.6 Å². The highest BCUT2D eigenvalue weighted by atomic mass is 16.5. The Balaban J connectivity index is 1.52. The van der Waals surface area contributed by atoms with Crippen LogP contribution in [-0.2, 0) is 6.42 Å². The minimum Gasteiger partial charge on any atom is -0.496 e. The number of rotatable bonds is 2. The van der Waals surface area contributed by atoms with Crippen LogP contribution in [0, 0.1) is 0 Å². The molecule has 3 aliphatic rings. The second kappa shape index (κ2) is 7.62. The minimum atomic E-state index is 0.385. The largest absolute Gasteiger partial charge is 0.496 e. The van der Waals surface area contributed by atoms with Crippen molar-refractivity contribution in [1.82, 2.24) is 4.98 Å². The minimum absolute atomic E-state index is 0.385. The molecular weight excluding hydrogens is 380 g/mol. The van der Waals surface area contributed by atoms with E-state index in [2.05, 4.69) is 53.3 Å². The molecule has 6 rings (SSSR count). The summed E-state index contributed by atoms with van der Waals surface area (Å²) in [6.45, 7) is 0. The highest BCUT2D eigenvalue weighted by Gasteiger charge is 2.39. The second-order valence-corrected chi connectivity index (χ2v) is 9.94. The zero-order valence-corrected chi connectivity index (χ0v) is 18.9. The van der Waals surface area contributed by atoms with Crippen molar-refractivity contribution in [1.29, 1.82) is 0 Å². The summed E-state index contributed by atoms with van der Waals surface area (Å²) in [6, 6.07) is 14.4. The van der Waals surface area contributed by atoms with Gasteiger partial charge >= 0.3 is 0 Å². The Kier molecular flexibility index (Phi) is 4.74. The Morgan fingerprint density at radius 2 is 1.77 bits per heavy atom. The molecule has 3 aromatic rings. The Morgan fingerprint density at radius 3 is 2.68 bits per heavy atom. The highest BCUT2D eigenvalue weighted by Crippen LogP contribution is 2.51. The van der Waals surface area contributed by atoms with Crippen molar-refractivity contribution in [2.75, 3.05) is 19.1 Å². The molecule has 0 amide bonds. The van der Waals surface area contributed by atoms with Gasteiger partial charge in [0.05, 0.1) is 7.11 Å². The molecule has 3 heteroatoms. The molecule has 1 aromatic heterocycles. The first kappa shape index (κ1) is 19.3. The summed E-state index contributed by atoms with van der Waals surface area (Å²) >= 11 is 0. The van der Waals surface area contributed by atoms with Gasteiger partial charge in [0.1, 0.15) is 5.75 Å². The number of methoxy groups -OCH3 is 1. The molecular formula is C28H34N2O. The number of fused-ring (bicyclic) bond motifs is 6. The standard InChI is InChI=1S/C28H34N2O/c1-30-25-15-9-7-11-19(25)22-16-23(27(31-2)17-26(22)30)21-13-5-3-4-12-20-18-10-6-8-14-24(18)29-28(20)21/h6,8,10,14,16-17,19,21,25,29H,3-5,7,9,11-13,15H2,1-2H3. The second-order valence-electron chi connectivity index (χ2n) is 9.94. The van der Waals surface area contributed by atoms with Crippen molar-refractivity contribution in [3.05, 3.63) is 58.8 Å². The van der Waals surface area contributed by atoms with Crippen LogP contribution in [0.4, 0.5) is 5.69 Å². The Hall–Kier alpha value is -2.42. The Bertz CT molecular complexity index is 1110. The van der Waals surface area contributed by atoms with E-state index in [1.54, 1.807) is 5.56 Å². The molecule has 3 nitrogen and oxygen atoms in total. The van der Waals surface area contributed by atoms with Gasteiger partial charge in [0.25, 0.3) is 0 Å². The van der Waals surface area contributed by atoms with E-state index in [1.165, 1.54) is 91.2 Å². The van der Waals surface area contributed by atoms with Gasteiger partial charge in [-0.3, -0.25) is 0 Å². The fraction of sp³-hybridized carbons (Fsp3) is 0.500. The van der Waals surface area contributed by atoms with Crippen molar-refractivity contribution in [3.8, 4) is 5.75 Å². The van der Waals surface area contributed by atoms with Gasteiger partial charge in [0, 0.05) is 58.8 Å². The predicted molar refractivity (Wildman–Crippen MR) is 129 cm³/mol. The topological polar surface area (TPSA) is 28.3 Å². The normalized spacial score (nSPS) is 25.5. The summed E-state index contributed by atoms with van der Waals surface area (Å²) in [6.07, 6.45) is 11.6. The molecule has 3 unspecified atom stereocenters. The summed E-state index contributed by atoms with van der Waals surface area (Å²) in [7, 11) is 4.14. The molecule has 31 heavy (non-hydrogen) atoms. The maximum Gasteiger partial charge on any atom is 0.124 e. The maximum atomic E-state index is 6.05. The quantitative estimate of drug-likeness (QED) is 0.494. The molecule has 2 heterocycles. The zero-order chi connectivity index (χ0) is 20.9. The van der Waals surface area contributed by atoms with Crippen LogP contribution in [0.25, 0.3) is 10.9 Å². The van der Waals surface area contributed by atoms with Crippen LogP contribution in [0.15, 0.2) is 36.4 Å². The number of nitrogens with one attached hydrogen (secondary N) is 1. The number of benzene rings is 2. The average molecular weight is 415 g/mol. The number of hydrogen-bond acceptors (Lipinski definition) is 2. The number of ether oxygens (including phenoxy) is 1. The lowest BCUT2D eigenvalue weighted by atomic mass is 9.79. The number of hydrogen-bond donors (Lipinski definition) is 1. The van der Waals surface area contributed by atoms with Gasteiger partial charge in [-0.15, -0.1) is 0 Å². The first-order valence-electron chi connectivity index (χ1n) is 12.3. The summed E-state index contributed by atoms with van der Waals surface area (Å²) < 4.78 is 6.05. The molecule has 0 bridgehead atoms. The molecule has 0 radical (unpaired) electrons. The van der Waals surface area contributed by atoms with Crippen molar-refractivity contribution in [3.63, 3.8) is 0 Å². The summed E-state index contributed by atoms with van der Waals surface area (Å²) in [5, 5.41) is 1.41. The van der Waals surface area contributed by atoms with E-state index in [-0.39, 0.29) is 0 Å². The Labute approximate surface area is 185 Å². The van der Waals surface area contributed by atoms with Crippen LogP contribution in [-0.4, -0.2) is 25.2 Å². The van der Waals surface area contributed by atoms with Crippen molar-refractivity contribution in [2.24, 2.45) is 0 Å². The van der Waals surface area contributed by atoms with Crippen molar-refractivity contribution in [2.45, 2.75) is 75.7 Å². The van der Waals surface area contributed by atoms with Crippen molar-refractivity contribution >= 4 is 16.6 Å². The third-order valence-corrected chi connectivity index (χ3v) is 8.38. The average Bonchev–Trinajstić information content (AvgIpc) is 3.28. The van der Waals surface area contributed by atoms with E-state index in [9.17, 15) is 0 Å². The van der Waals surface area contributed by atoms with E-state index in [0.29, 0.717) is 17.9 Å². The predicted octanol–water partition coefficient (Wildman–Crippen LogP) is 6.90. The zero-order valence-electron chi connectivity index (χ0n) is 18.9. The van der Waals surface area contributed by atoms with Gasteiger partial charge in [0.15, 0.2) is 0 Å². The van der Waals surface area contributed by atoms with Gasteiger partial charge in [-0.05, 0) is 55.4 Å². The summed E-state index contributed by atoms with van der Waals surface area (Å²) in [4.78, 5) is 6.39. The lowest BCUT2D eigenvalue weighted by molar-refractivity contribution is 0.395. The fourth-order valence-electron chi connectivity index (χ4n) is 6.84. The molecule has 0 saturated heterocycles. The smallest absolute Gasteiger partial charge is 0.124 e. The van der Waals surface area contributed by atoms with Gasteiger partial charge in [-0.1, -0.05) is 43.9 Å². The summed E-state index contributed by atoms with van der Waals surface area (Å²) in [5.41, 5.74) is 8.63. The number of aromatic amines is 1. The molecule has 162 valence electrons. The molecule has 2 aromatic carbocycles. The lowest BCUT2D eigenvalue weighted by Crippen LogP contribution is -2.32. The summed E-state index contributed by atoms with van der Waals surface area (Å²) in [5.74, 6) is 2.14. The Morgan fingerprint density at radius 1 is 0.935 bits per heavy atom. The highest BCUT2D eigenvalue weighted by molar-refractivity contribution is 5.85. The number of para-hydroxylation sites is 1. The number of nitrogens with zero attached hydrogens (tertiary/aromatic N) is 1. The first-order chi connectivity index (χ1) is 15.3. The number of anilines is 1. The van der Waals surface area contributed by atoms with E-state index in [4.69, 9.17) is 4.74 Å². The molecule has 1 N–H and O–H groups in total. The van der Waals surface area contributed by atoms with E-state index in [1.807, 2.05) is 7.11 Å². The van der Waals surface area contributed by atoms with Crippen LogP contribution in [0.5, 0.6) is 5.75 Å². The third-order valence-electron chi connectivity index (χ3n) is 8.38. The molecule has 1 aliphatic heterocycles. The number of H-pyrrole nitrogens is 1. The van der Waals surface area contributed by atoms with Crippen molar-refractivity contribution < 1.29 is 4.74 Å². The van der Waals surface area contributed by atoms with Crippen LogP contribution >= 0.6 is 0 Å². The monoisotopic (exact) mass is 414 g/mol. The van der Waals surface area contributed by atoms with E-state index >= 15 is 0 Å². The SMILES string of the molecule is COc1cc2c(cc1C1CCCCCc3c1[nH]c1ccccc31)C1CCCCC1N2C. The fourth-order valence-corrected chi connectivity index (χ4v) is 6.84. The van der Waals surface area contributed by atoms with Gasteiger partial charge < -0.3 is 14.6 Å². The molecule has 1 fully saturated rings. The van der Waals surface area contributed by atoms with Gasteiger partial charge in [-0.2, -0.15) is 0 Å². The number of likely N-dealkylation sites (N-methyl/N-ethyl adjacent to an activating group) is 1. The third kappa shape index (κ3) is 3.00. The maximum absolute atomic E-state index is 6.05. The van der Waals surface area contributed by atoms with E-state index in [0.717, 1.165) is 5.75 Å². The van der Waals surface area contributed by atoms with Gasteiger partial charge in [-0.25, -0.2) is 0 Å². The molecule has 1 saturated carbocycles. The number of aromatic nitrogens is 1. The van der Waals surface area contributed by atoms with E-state index < -0.39 is 0 Å². The lowest BCUT2D eigenvalue weighted by Gasteiger charge is -2.30. The molecule has 2 aliphatic carbocycles. The van der Waals surface area contributed by atoms with Crippen LogP contribution in [0.3, 0.4) is 0 Å². The van der Waals surface area contributed by atoms with Crippen LogP contribution < -0.4 is 9.64 Å². The molecule has 0 spiro atoms. The molecule has 3 atom stereocenters. The number of aryl methyl sites for hydroxylation is 1. The first-order valence-corrected chi connectivity index (χ1v) is 12.3.